The molecule has 1 amide bonds. The monoisotopic (exact) mass is 266 g/mol. The lowest BCUT2D eigenvalue weighted by molar-refractivity contribution is -0.120. The molecule has 18 heavy (non-hydrogen) atoms. The van der Waals surface area contributed by atoms with Crippen molar-refractivity contribution in [2.75, 3.05) is 18.0 Å². The molecule has 1 aliphatic heterocycles. The van der Waals surface area contributed by atoms with Gasteiger partial charge in [-0.25, -0.2) is 0 Å². The quantitative estimate of drug-likeness (QED) is 0.848. The number of halogens is 1. The molecule has 2 rings (SSSR count). The third-order valence-electron chi connectivity index (χ3n) is 3.36. The molecule has 1 heterocycles. The average molecular weight is 267 g/mol. The first-order chi connectivity index (χ1) is 8.59. The van der Waals surface area contributed by atoms with Crippen molar-refractivity contribution in [2.45, 2.75) is 32.7 Å². The molecule has 0 radical (unpaired) electrons. The maximum absolute atomic E-state index is 12.4. The van der Waals surface area contributed by atoms with Gasteiger partial charge in [0.2, 0.25) is 5.91 Å². The molecule has 1 saturated heterocycles. The predicted molar refractivity (Wildman–Crippen MR) is 75.2 cm³/mol. The van der Waals surface area contributed by atoms with Crippen LogP contribution < -0.4 is 10.2 Å². The molecular weight excluding hydrogens is 248 g/mol. The van der Waals surface area contributed by atoms with Crippen LogP contribution in [0.1, 0.15) is 25.3 Å². The number of benzene rings is 1. The lowest BCUT2D eigenvalue weighted by Gasteiger charge is -2.30. The van der Waals surface area contributed by atoms with E-state index in [0.717, 1.165) is 37.2 Å². The Morgan fingerprint density at radius 2 is 2.17 bits per heavy atom. The van der Waals surface area contributed by atoms with Crippen LogP contribution in [0.4, 0.5) is 5.69 Å². The van der Waals surface area contributed by atoms with E-state index in [-0.39, 0.29) is 11.9 Å². The van der Waals surface area contributed by atoms with Crippen LogP contribution in [0.3, 0.4) is 0 Å². The third kappa shape index (κ3) is 2.85. The Balaban J connectivity index is 2.33. The Bertz CT molecular complexity index is 447. The molecular formula is C14H19ClN2O. The largest absolute Gasteiger partial charge is 0.311 e. The van der Waals surface area contributed by atoms with Crippen molar-refractivity contribution < 1.29 is 4.79 Å². The van der Waals surface area contributed by atoms with Crippen molar-refractivity contribution in [1.29, 1.82) is 0 Å². The van der Waals surface area contributed by atoms with Gasteiger partial charge in [-0.3, -0.25) is 4.79 Å². The average Bonchev–Trinajstić information content (AvgIpc) is 2.34. The van der Waals surface area contributed by atoms with Gasteiger partial charge >= 0.3 is 0 Å². The molecule has 3 nitrogen and oxygen atoms in total. The van der Waals surface area contributed by atoms with E-state index >= 15 is 0 Å². The topological polar surface area (TPSA) is 32.3 Å². The van der Waals surface area contributed by atoms with E-state index in [4.69, 9.17) is 11.6 Å². The summed E-state index contributed by atoms with van der Waals surface area (Å²) in [5.74, 6) is 0.125. The Kier molecular flexibility index (Phi) is 4.25. The molecule has 1 aromatic rings. The second-order valence-electron chi connectivity index (χ2n) is 4.80. The number of anilines is 1. The van der Waals surface area contributed by atoms with Gasteiger partial charge in [0.05, 0.1) is 6.04 Å². The van der Waals surface area contributed by atoms with Crippen LogP contribution in [0.5, 0.6) is 0 Å². The number of aryl methyl sites for hydroxylation is 1. The standard InChI is InChI=1S/C14H19ClN2O/c1-10-5-6-12(15)9-13(10)17-8-4-3-7-16-11(2)14(17)18/h5-6,9,11,16H,3-4,7-8H2,1-2H3. The second kappa shape index (κ2) is 5.72. The number of hydrogen-bond acceptors (Lipinski definition) is 2. The normalized spacial score (nSPS) is 21.6. The summed E-state index contributed by atoms with van der Waals surface area (Å²) in [6.07, 6.45) is 2.10. The van der Waals surface area contributed by atoms with Crippen molar-refractivity contribution in [2.24, 2.45) is 0 Å². The highest BCUT2D eigenvalue weighted by Crippen LogP contribution is 2.25. The Hall–Kier alpha value is -1.06. The van der Waals surface area contributed by atoms with E-state index in [1.54, 1.807) is 0 Å². The van der Waals surface area contributed by atoms with Crippen molar-refractivity contribution in [3.63, 3.8) is 0 Å². The molecule has 1 unspecified atom stereocenters. The number of nitrogens with one attached hydrogen (secondary N) is 1. The second-order valence-corrected chi connectivity index (χ2v) is 5.24. The lowest BCUT2D eigenvalue weighted by atomic mass is 10.1. The summed E-state index contributed by atoms with van der Waals surface area (Å²) in [6.45, 7) is 5.61. The fourth-order valence-electron chi connectivity index (χ4n) is 2.26. The van der Waals surface area contributed by atoms with Crippen LogP contribution in [0.2, 0.25) is 5.02 Å². The van der Waals surface area contributed by atoms with E-state index in [2.05, 4.69) is 5.32 Å². The van der Waals surface area contributed by atoms with E-state index in [1.807, 2.05) is 36.9 Å². The van der Waals surface area contributed by atoms with Crippen molar-refractivity contribution >= 4 is 23.2 Å². The molecule has 1 aromatic carbocycles. The maximum atomic E-state index is 12.4. The molecule has 1 atom stereocenters. The summed E-state index contributed by atoms with van der Waals surface area (Å²) in [4.78, 5) is 14.2. The third-order valence-corrected chi connectivity index (χ3v) is 3.59. The maximum Gasteiger partial charge on any atom is 0.243 e. The molecule has 98 valence electrons. The van der Waals surface area contributed by atoms with Gasteiger partial charge in [0.15, 0.2) is 0 Å². The highest BCUT2D eigenvalue weighted by molar-refractivity contribution is 6.31. The van der Waals surface area contributed by atoms with Crippen LogP contribution in [0.25, 0.3) is 0 Å². The minimum absolute atomic E-state index is 0.125. The number of carbonyl (C=O) groups is 1. The first kappa shape index (κ1) is 13.4. The fourth-order valence-corrected chi connectivity index (χ4v) is 2.42. The van der Waals surface area contributed by atoms with Crippen molar-refractivity contribution in [3.05, 3.63) is 28.8 Å². The minimum Gasteiger partial charge on any atom is -0.311 e. The summed E-state index contributed by atoms with van der Waals surface area (Å²) in [7, 11) is 0. The van der Waals surface area contributed by atoms with Crippen LogP contribution in [0.15, 0.2) is 18.2 Å². The number of carbonyl (C=O) groups excluding carboxylic acids is 1. The number of rotatable bonds is 1. The number of amides is 1. The molecule has 1 fully saturated rings. The zero-order valence-corrected chi connectivity index (χ0v) is 11.6. The van der Waals surface area contributed by atoms with Crippen LogP contribution >= 0.6 is 11.6 Å². The zero-order chi connectivity index (χ0) is 13.1. The van der Waals surface area contributed by atoms with Gasteiger partial charge in [0, 0.05) is 17.3 Å². The number of nitrogens with zero attached hydrogens (tertiary/aromatic N) is 1. The fraction of sp³-hybridized carbons (Fsp3) is 0.500. The summed E-state index contributed by atoms with van der Waals surface area (Å²) in [6, 6.07) is 5.56. The van der Waals surface area contributed by atoms with Gasteiger partial charge in [0.25, 0.3) is 0 Å². The van der Waals surface area contributed by atoms with Gasteiger partial charge in [-0.05, 0) is 50.9 Å². The van der Waals surface area contributed by atoms with E-state index in [9.17, 15) is 4.79 Å². The van der Waals surface area contributed by atoms with Crippen LogP contribution in [-0.4, -0.2) is 25.0 Å². The molecule has 0 spiro atoms. The highest BCUT2D eigenvalue weighted by Gasteiger charge is 2.24. The molecule has 0 saturated carbocycles. The van der Waals surface area contributed by atoms with Crippen molar-refractivity contribution in [1.82, 2.24) is 5.32 Å². The molecule has 1 N–H and O–H groups in total. The molecule has 0 aromatic heterocycles. The molecule has 4 heteroatoms. The van der Waals surface area contributed by atoms with E-state index in [1.165, 1.54) is 0 Å². The van der Waals surface area contributed by atoms with Gasteiger partial charge in [-0.15, -0.1) is 0 Å². The Labute approximate surface area is 113 Å². The first-order valence-corrected chi connectivity index (χ1v) is 6.78. The number of hydrogen-bond donors (Lipinski definition) is 1. The first-order valence-electron chi connectivity index (χ1n) is 6.40. The van der Waals surface area contributed by atoms with Crippen molar-refractivity contribution in [3.8, 4) is 0 Å². The smallest absolute Gasteiger partial charge is 0.243 e. The van der Waals surface area contributed by atoms with Gasteiger partial charge in [-0.2, -0.15) is 0 Å². The van der Waals surface area contributed by atoms with Gasteiger partial charge in [-0.1, -0.05) is 17.7 Å². The summed E-state index contributed by atoms with van der Waals surface area (Å²) in [5.41, 5.74) is 2.02. The van der Waals surface area contributed by atoms with Crippen LogP contribution in [0, 0.1) is 6.92 Å². The zero-order valence-electron chi connectivity index (χ0n) is 10.9. The summed E-state index contributed by atoms with van der Waals surface area (Å²) < 4.78 is 0. The van der Waals surface area contributed by atoms with Crippen LogP contribution in [-0.2, 0) is 4.79 Å². The molecule has 0 bridgehead atoms. The summed E-state index contributed by atoms with van der Waals surface area (Å²) in [5, 5.41) is 3.92. The predicted octanol–water partition coefficient (Wildman–Crippen LogP) is 2.75. The Morgan fingerprint density at radius 1 is 1.39 bits per heavy atom. The van der Waals surface area contributed by atoms with E-state index < -0.39 is 0 Å². The highest BCUT2D eigenvalue weighted by atomic mass is 35.5. The van der Waals surface area contributed by atoms with Gasteiger partial charge < -0.3 is 10.2 Å². The molecule has 0 aliphatic carbocycles. The SMILES string of the molecule is Cc1ccc(Cl)cc1N1CCCCNC(C)C1=O. The van der Waals surface area contributed by atoms with E-state index in [0.29, 0.717) is 5.02 Å². The summed E-state index contributed by atoms with van der Waals surface area (Å²) >= 11 is 6.04. The Morgan fingerprint density at radius 3 is 2.94 bits per heavy atom. The minimum atomic E-state index is -0.135. The molecule has 1 aliphatic rings. The lowest BCUT2D eigenvalue weighted by Crippen LogP contribution is -2.47. The van der Waals surface area contributed by atoms with Gasteiger partial charge in [0.1, 0.15) is 0 Å².